The Bertz CT molecular complexity index is 490. The Kier molecular flexibility index (Phi) is 7.03. The van der Waals surface area contributed by atoms with Crippen LogP contribution in [0.4, 0.5) is 10.5 Å². The Morgan fingerprint density at radius 3 is 2.67 bits per heavy atom. The van der Waals surface area contributed by atoms with Crippen LogP contribution in [0.3, 0.4) is 0 Å². The fraction of sp³-hybridized carbons (Fsp3) is 0.429. The van der Waals surface area contributed by atoms with Gasteiger partial charge in [0.15, 0.2) is 0 Å². The standard InChI is InChI=1S/C14H20N2O5/c1-2-3-7-21-8-6-15-14(20)16-11-5-4-10(13(18)19)9-12(11)17/h4-5,9,17H,2-3,6-8H2,1H3,(H,18,19)(H2,15,16,20). The van der Waals surface area contributed by atoms with Gasteiger partial charge in [-0.25, -0.2) is 9.59 Å². The molecular formula is C14H20N2O5. The molecule has 0 unspecified atom stereocenters. The fourth-order valence-corrected chi connectivity index (χ4v) is 1.52. The first-order valence-corrected chi connectivity index (χ1v) is 6.73. The summed E-state index contributed by atoms with van der Waals surface area (Å²) in [5.74, 6) is -1.45. The van der Waals surface area contributed by atoms with E-state index in [1.54, 1.807) is 0 Å². The van der Waals surface area contributed by atoms with Crippen molar-refractivity contribution in [1.82, 2.24) is 5.32 Å². The number of nitrogens with one attached hydrogen (secondary N) is 2. The van der Waals surface area contributed by atoms with Gasteiger partial charge in [0.1, 0.15) is 5.75 Å². The van der Waals surface area contributed by atoms with Crippen LogP contribution in [0.5, 0.6) is 5.75 Å². The zero-order valence-corrected chi connectivity index (χ0v) is 11.9. The highest BCUT2D eigenvalue weighted by Gasteiger charge is 2.09. The fourth-order valence-electron chi connectivity index (χ4n) is 1.52. The quantitative estimate of drug-likeness (QED) is 0.433. The van der Waals surface area contributed by atoms with Crippen molar-refractivity contribution >= 4 is 17.7 Å². The van der Waals surface area contributed by atoms with E-state index in [-0.39, 0.29) is 17.0 Å². The minimum atomic E-state index is -1.15. The lowest BCUT2D eigenvalue weighted by Crippen LogP contribution is -2.31. The second-order valence-electron chi connectivity index (χ2n) is 4.38. The van der Waals surface area contributed by atoms with Crippen LogP contribution in [0, 0.1) is 0 Å². The van der Waals surface area contributed by atoms with E-state index >= 15 is 0 Å². The molecule has 0 aliphatic rings. The summed E-state index contributed by atoms with van der Waals surface area (Å²) in [5, 5.41) is 23.4. The van der Waals surface area contributed by atoms with Crippen molar-refractivity contribution in [3.8, 4) is 5.75 Å². The molecule has 2 amide bonds. The van der Waals surface area contributed by atoms with Gasteiger partial charge in [-0.15, -0.1) is 0 Å². The zero-order valence-electron chi connectivity index (χ0n) is 11.9. The maximum atomic E-state index is 11.6. The molecule has 0 spiro atoms. The van der Waals surface area contributed by atoms with Gasteiger partial charge < -0.3 is 25.6 Å². The zero-order chi connectivity index (χ0) is 15.7. The van der Waals surface area contributed by atoms with E-state index in [2.05, 4.69) is 17.6 Å². The van der Waals surface area contributed by atoms with Crippen LogP contribution in [-0.4, -0.2) is 42.0 Å². The summed E-state index contributed by atoms with van der Waals surface area (Å²) in [6, 6.07) is 3.21. The number of carboxylic acid groups (broad SMARTS) is 1. The number of phenolic OH excluding ortho intramolecular Hbond substituents is 1. The second kappa shape index (κ2) is 8.80. The molecule has 4 N–H and O–H groups in total. The van der Waals surface area contributed by atoms with Gasteiger partial charge in [0.25, 0.3) is 0 Å². The van der Waals surface area contributed by atoms with Crippen molar-refractivity contribution in [2.24, 2.45) is 0 Å². The number of ether oxygens (including phenoxy) is 1. The smallest absolute Gasteiger partial charge is 0.335 e. The molecule has 0 fully saturated rings. The van der Waals surface area contributed by atoms with Crippen molar-refractivity contribution < 1.29 is 24.5 Å². The van der Waals surface area contributed by atoms with Crippen LogP contribution < -0.4 is 10.6 Å². The SMILES string of the molecule is CCCCOCCNC(=O)Nc1ccc(C(=O)O)cc1O. The first-order valence-electron chi connectivity index (χ1n) is 6.73. The van der Waals surface area contributed by atoms with E-state index in [0.29, 0.717) is 19.8 Å². The number of unbranched alkanes of at least 4 members (excludes halogenated alkanes) is 1. The number of carbonyl (C=O) groups is 2. The number of hydrogen-bond acceptors (Lipinski definition) is 4. The third kappa shape index (κ3) is 6.13. The van der Waals surface area contributed by atoms with Crippen LogP contribution in [0.15, 0.2) is 18.2 Å². The van der Waals surface area contributed by atoms with Crippen LogP contribution >= 0.6 is 0 Å². The minimum Gasteiger partial charge on any atom is -0.506 e. The topological polar surface area (TPSA) is 108 Å². The molecular weight excluding hydrogens is 276 g/mol. The Morgan fingerprint density at radius 1 is 1.29 bits per heavy atom. The van der Waals surface area contributed by atoms with Crippen LogP contribution in [0.1, 0.15) is 30.1 Å². The summed E-state index contributed by atoms with van der Waals surface area (Å²) < 4.78 is 5.28. The maximum Gasteiger partial charge on any atom is 0.335 e. The predicted molar refractivity (Wildman–Crippen MR) is 77.8 cm³/mol. The van der Waals surface area contributed by atoms with Crippen LogP contribution in [-0.2, 0) is 4.74 Å². The third-order valence-electron chi connectivity index (χ3n) is 2.67. The number of aromatic carboxylic acids is 1. The molecule has 1 aromatic carbocycles. The van der Waals surface area contributed by atoms with Gasteiger partial charge in [-0.2, -0.15) is 0 Å². The molecule has 1 aromatic rings. The highest BCUT2D eigenvalue weighted by Crippen LogP contribution is 2.24. The van der Waals surface area contributed by atoms with Crippen molar-refractivity contribution in [1.29, 1.82) is 0 Å². The van der Waals surface area contributed by atoms with E-state index in [1.165, 1.54) is 12.1 Å². The molecule has 0 saturated heterocycles. The van der Waals surface area contributed by atoms with Gasteiger partial charge in [-0.1, -0.05) is 13.3 Å². The second-order valence-corrected chi connectivity index (χ2v) is 4.38. The highest BCUT2D eigenvalue weighted by atomic mass is 16.5. The number of carboxylic acids is 1. The monoisotopic (exact) mass is 296 g/mol. The molecule has 0 bridgehead atoms. The Balaban J connectivity index is 2.36. The number of hydrogen-bond donors (Lipinski definition) is 4. The van der Waals surface area contributed by atoms with E-state index in [4.69, 9.17) is 9.84 Å². The summed E-state index contributed by atoms with van der Waals surface area (Å²) in [7, 11) is 0. The molecule has 116 valence electrons. The van der Waals surface area contributed by atoms with E-state index in [9.17, 15) is 14.7 Å². The summed E-state index contributed by atoms with van der Waals surface area (Å²) in [6.45, 7) is 3.50. The van der Waals surface area contributed by atoms with Crippen LogP contribution in [0.25, 0.3) is 0 Å². The summed E-state index contributed by atoms with van der Waals surface area (Å²) in [5.41, 5.74) is 0.0900. The van der Waals surface area contributed by atoms with Crippen molar-refractivity contribution in [2.45, 2.75) is 19.8 Å². The van der Waals surface area contributed by atoms with E-state index < -0.39 is 12.0 Å². The van der Waals surface area contributed by atoms with Gasteiger partial charge in [0.05, 0.1) is 17.9 Å². The number of rotatable bonds is 8. The average molecular weight is 296 g/mol. The number of aromatic hydroxyl groups is 1. The lowest BCUT2D eigenvalue weighted by atomic mass is 10.2. The molecule has 0 saturated carbocycles. The largest absolute Gasteiger partial charge is 0.506 e. The van der Waals surface area contributed by atoms with Gasteiger partial charge >= 0.3 is 12.0 Å². The molecule has 21 heavy (non-hydrogen) atoms. The molecule has 1 rings (SSSR count). The van der Waals surface area contributed by atoms with E-state index in [1.807, 2.05) is 0 Å². The summed E-state index contributed by atoms with van der Waals surface area (Å²) in [4.78, 5) is 22.3. The third-order valence-corrected chi connectivity index (χ3v) is 2.67. The molecule has 7 nitrogen and oxygen atoms in total. The first kappa shape index (κ1) is 16.8. The van der Waals surface area contributed by atoms with Gasteiger partial charge in [-0.05, 0) is 24.6 Å². The molecule has 0 aromatic heterocycles. The Labute approximate surface area is 122 Å². The number of anilines is 1. The van der Waals surface area contributed by atoms with Crippen molar-refractivity contribution in [3.63, 3.8) is 0 Å². The number of urea groups is 1. The molecule has 0 aliphatic carbocycles. The van der Waals surface area contributed by atoms with Gasteiger partial charge in [-0.3, -0.25) is 0 Å². The number of phenols is 1. The summed E-state index contributed by atoms with van der Waals surface area (Å²) in [6.07, 6.45) is 2.04. The molecule has 7 heteroatoms. The van der Waals surface area contributed by atoms with Crippen molar-refractivity contribution in [3.05, 3.63) is 23.8 Å². The number of benzene rings is 1. The minimum absolute atomic E-state index is 0.0530. The Morgan fingerprint density at radius 2 is 2.05 bits per heavy atom. The first-order chi connectivity index (χ1) is 10.0. The normalized spacial score (nSPS) is 10.1. The van der Waals surface area contributed by atoms with E-state index in [0.717, 1.165) is 18.9 Å². The summed E-state index contributed by atoms with van der Waals surface area (Å²) >= 11 is 0. The number of amides is 2. The molecule has 0 heterocycles. The van der Waals surface area contributed by atoms with Gasteiger partial charge in [0, 0.05) is 13.2 Å². The lowest BCUT2D eigenvalue weighted by Gasteiger charge is -2.09. The van der Waals surface area contributed by atoms with Crippen molar-refractivity contribution in [2.75, 3.05) is 25.1 Å². The molecule has 0 atom stereocenters. The number of carbonyl (C=O) groups excluding carboxylic acids is 1. The maximum absolute atomic E-state index is 11.6. The molecule has 0 aliphatic heterocycles. The highest BCUT2D eigenvalue weighted by molar-refractivity contribution is 5.93. The molecule has 0 radical (unpaired) electrons. The average Bonchev–Trinajstić information content (AvgIpc) is 2.44. The van der Waals surface area contributed by atoms with Gasteiger partial charge in [0.2, 0.25) is 0 Å². The predicted octanol–water partition coefficient (Wildman–Crippen LogP) is 2.03. The van der Waals surface area contributed by atoms with Crippen LogP contribution in [0.2, 0.25) is 0 Å². The Hall–Kier alpha value is -2.28. The lowest BCUT2D eigenvalue weighted by molar-refractivity contribution is 0.0696.